The second-order valence-corrected chi connectivity index (χ2v) is 6.42. The molecule has 112 valence electrons. The minimum Gasteiger partial charge on any atom is -0.342 e. The Kier molecular flexibility index (Phi) is 5.42. The molecule has 1 aliphatic rings. The number of nitrogens with two attached hydrogens (primary N) is 1. The summed E-state index contributed by atoms with van der Waals surface area (Å²) < 4.78 is 1.98. The average Bonchev–Trinajstić information content (AvgIpc) is 2.81. The van der Waals surface area contributed by atoms with E-state index in [0.29, 0.717) is 13.1 Å². The van der Waals surface area contributed by atoms with Crippen LogP contribution in [0.1, 0.15) is 32.0 Å². The van der Waals surface area contributed by atoms with Gasteiger partial charge in [-0.15, -0.1) is 10.2 Å². The molecule has 0 aromatic carbocycles. The standard InChI is InChI=1S/C13H23N5OS/c1-10(12(19)17-7-4-3-5-8-17)20-13-16-15-11(2)18(13)9-6-14/h10H,3-9,14H2,1-2H3. The Labute approximate surface area is 124 Å². The van der Waals surface area contributed by atoms with Gasteiger partial charge in [-0.05, 0) is 33.1 Å². The van der Waals surface area contributed by atoms with Gasteiger partial charge >= 0.3 is 0 Å². The maximum atomic E-state index is 12.4. The van der Waals surface area contributed by atoms with Crippen LogP contribution in [-0.4, -0.2) is 50.5 Å². The third-order valence-electron chi connectivity index (χ3n) is 3.55. The summed E-state index contributed by atoms with van der Waals surface area (Å²) in [5, 5.41) is 8.88. The molecule has 0 spiro atoms. The number of carbonyl (C=O) groups is 1. The lowest BCUT2D eigenvalue weighted by molar-refractivity contribution is -0.131. The number of thioether (sulfide) groups is 1. The quantitative estimate of drug-likeness (QED) is 0.822. The zero-order chi connectivity index (χ0) is 14.5. The lowest BCUT2D eigenvalue weighted by Crippen LogP contribution is -2.40. The van der Waals surface area contributed by atoms with Crippen LogP contribution < -0.4 is 5.73 Å². The van der Waals surface area contributed by atoms with Gasteiger partial charge in [-0.3, -0.25) is 4.79 Å². The fourth-order valence-corrected chi connectivity index (χ4v) is 3.42. The van der Waals surface area contributed by atoms with Gasteiger partial charge in [0.1, 0.15) is 5.82 Å². The van der Waals surface area contributed by atoms with Gasteiger partial charge in [0.25, 0.3) is 0 Å². The Balaban J connectivity index is 1.99. The number of piperidine rings is 1. The van der Waals surface area contributed by atoms with Crippen LogP contribution in [0.3, 0.4) is 0 Å². The molecule has 1 atom stereocenters. The van der Waals surface area contributed by atoms with Gasteiger partial charge in [-0.25, -0.2) is 0 Å². The zero-order valence-electron chi connectivity index (χ0n) is 12.2. The van der Waals surface area contributed by atoms with Crippen LogP contribution in [-0.2, 0) is 11.3 Å². The summed E-state index contributed by atoms with van der Waals surface area (Å²) in [6.07, 6.45) is 3.46. The largest absolute Gasteiger partial charge is 0.342 e. The van der Waals surface area contributed by atoms with Crippen molar-refractivity contribution in [2.45, 2.75) is 50.1 Å². The second kappa shape index (κ2) is 7.08. The summed E-state index contributed by atoms with van der Waals surface area (Å²) in [6.45, 7) is 6.85. The smallest absolute Gasteiger partial charge is 0.235 e. The molecule has 0 radical (unpaired) electrons. The van der Waals surface area contributed by atoms with E-state index in [4.69, 9.17) is 5.73 Å². The first-order chi connectivity index (χ1) is 9.63. The lowest BCUT2D eigenvalue weighted by atomic mass is 10.1. The van der Waals surface area contributed by atoms with Gasteiger partial charge in [-0.2, -0.15) is 0 Å². The summed E-state index contributed by atoms with van der Waals surface area (Å²) >= 11 is 1.48. The molecular formula is C13H23N5OS. The molecule has 1 aromatic rings. The number of aromatic nitrogens is 3. The van der Waals surface area contributed by atoms with Gasteiger partial charge in [0.15, 0.2) is 5.16 Å². The summed E-state index contributed by atoms with van der Waals surface area (Å²) in [6, 6.07) is 0. The average molecular weight is 297 g/mol. The van der Waals surface area contributed by atoms with Crippen molar-refractivity contribution in [2.24, 2.45) is 5.73 Å². The Morgan fingerprint density at radius 3 is 2.70 bits per heavy atom. The molecule has 1 amide bonds. The van der Waals surface area contributed by atoms with E-state index in [9.17, 15) is 4.79 Å². The molecule has 1 aliphatic heterocycles. The van der Waals surface area contributed by atoms with Gasteiger partial charge in [-0.1, -0.05) is 11.8 Å². The molecule has 2 rings (SSSR count). The summed E-state index contributed by atoms with van der Waals surface area (Å²) in [4.78, 5) is 14.4. The van der Waals surface area contributed by atoms with E-state index in [-0.39, 0.29) is 11.2 Å². The van der Waals surface area contributed by atoms with Crippen LogP contribution in [0.25, 0.3) is 0 Å². The van der Waals surface area contributed by atoms with Crippen molar-refractivity contribution in [3.05, 3.63) is 5.82 Å². The van der Waals surface area contributed by atoms with Crippen molar-refractivity contribution >= 4 is 17.7 Å². The lowest BCUT2D eigenvalue weighted by Gasteiger charge is -2.28. The molecule has 2 heterocycles. The minimum absolute atomic E-state index is 0.131. The molecule has 20 heavy (non-hydrogen) atoms. The highest BCUT2D eigenvalue weighted by Crippen LogP contribution is 2.24. The van der Waals surface area contributed by atoms with E-state index in [2.05, 4.69) is 10.2 Å². The van der Waals surface area contributed by atoms with Gasteiger partial charge < -0.3 is 15.2 Å². The van der Waals surface area contributed by atoms with E-state index in [1.165, 1.54) is 18.2 Å². The van der Waals surface area contributed by atoms with Crippen molar-refractivity contribution in [1.29, 1.82) is 0 Å². The van der Waals surface area contributed by atoms with E-state index in [0.717, 1.165) is 36.9 Å². The zero-order valence-corrected chi connectivity index (χ0v) is 13.0. The van der Waals surface area contributed by atoms with Crippen LogP contribution >= 0.6 is 11.8 Å². The third-order valence-corrected chi connectivity index (χ3v) is 4.62. The second-order valence-electron chi connectivity index (χ2n) is 5.12. The van der Waals surface area contributed by atoms with Crippen molar-refractivity contribution in [2.75, 3.05) is 19.6 Å². The Morgan fingerprint density at radius 1 is 1.35 bits per heavy atom. The Hall–Kier alpha value is -1.08. The fourth-order valence-electron chi connectivity index (χ4n) is 2.42. The third kappa shape index (κ3) is 3.52. The van der Waals surface area contributed by atoms with Crippen LogP contribution in [0.2, 0.25) is 0 Å². The van der Waals surface area contributed by atoms with E-state index in [1.54, 1.807) is 0 Å². The number of rotatable bonds is 5. The number of hydrogen-bond donors (Lipinski definition) is 1. The highest BCUT2D eigenvalue weighted by Gasteiger charge is 2.24. The Morgan fingerprint density at radius 2 is 2.05 bits per heavy atom. The SMILES string of the molecule is Cc1nnc(SC(C)C(=O)N2CCCCC2)n1CCN. The van der Waals surface area contributed by atoms with Gasteiger partial charge in [0, 0.05) is 26.2 Å². The molecule has 6 nitrogen and oxygen atoms in total. The van der Waals surface area contributed by atoms with Gasteiger partial charge in [0.2, 0.25) is 5.91 Å². The maximum absolute atomic E-state index is 12.4. The molecule has 0 aliphatic carbocycles. The fraction of sp³-hybridized carbons (Fsp3) is 0.769. The molecule has 1 unspecified atom stereocenters. The van der Waals surface area contributed by atoms with Crippen LogP contribution in [0.4, 0.5) is 0 Å². The number of likely N-dealkylation sites (tertiary alicyclic amines) is 1. The first-order valence-electron chi connectivity index (χ1n) is 7.18. The topological polar surface area (TPSA) is 77.0 Å². The van der Waals surface area contributed by atoms with Crippen LogP contribution in [0.5, 0.6) is 0 Å². The van der Waals surface area contributed by atoms with Gasteiger partial charge in [0.05, 0.1) is 5.25 Å². The highest BCUT2D eigenvalue weighted by atomic mass is 32.2. The molecule has 0 bridgehead atoms. The first kappa shape index (κ1) is 15.3. The summed E-state index contributed by atoms with van der Waals surface area (Å²) in [7, 11) is 0. The molecule has 1 aromatic heterocycles. The highest BCUT2D eigenvalue weighted by molar-refractivity contribution is 8.00. The van der Waals surface area contributed by atoms with Crippen molar-refractivity contribution < 1.29 is 4.79 Å². The van der Waals surface area contributed by atoms with Crippen molar-refractivity contribution in [3.63, 3.8) is 0 Å². The van der Waals surface area contributed by atoms with E-state index in [1.807, 2.05) is 23.3 Å². The minimum atomic E-state index is -0.131. The van der Waals surface area contributed by atoms with E-state index >= 15 is 0 Å². The monoisotopic (exact) mass is 297 g/mol. The molecule has 7 heteroatoms. The number of amides is 1. The Bertz CT molecular complexity index is 456. The number of hydrogen-bond acceptors (Lipinski definition) is 5. The molecule has 2 N–H and O–H groups in total. The summed E-state index contributed by atoms with van der Waals surface area (Å²) in [5.74, 6) is 1.05. The van der Waals surface area contributed by atoms with Crippen LogP contribution in [0, 0.1) is 6.92 Å². The molecule has 1 fully saturated rings. The number of nitrogens with zero attached hydrogens (tertiary/aromatic N) is 4. The molecular weight excluding hydrogens is 274 g/mol. The van der Waals surface area contributed by atoms with Crippen molar-refractivity contribution in [1.82, 2.24) is 19.7 Å². The van der Waals surface area contributed by atoms with Crippen LogP contribution in [0.15, 0.2) is 5.16 Å². The predicted molar refractivity (Wildman–Crippen MR) is 79.6 cm³/mol. The van der Waals surface area contributed by atoms with E-state index < -0.39 is 0 Å². The molecule has 0 saturated carbocycles. The normalized spacial score (nSPS) is 17.2. The maximum Gasteiger partial charge on any atom is 0.235 e. The first-order valence-corrected chi connectivity index (χ1v) is 8.06. The predicted octanol–water partition coefficient (Wildman–Crippen LogP) is 1.04. The molecule has 1 saturated heterocycles. The summed E-state index contributed by atoms with van der Waals surface area (Å²) in [5.41, 5.74) is 5.60. The number of carbonyl (C=O) groups excluding carboxylic acids is 1. The number of aryl methyl sites for hydroxylation is 1. The van der Waals surface area contributed by atoms with Crippen molar-refractivity contribution in [3.8, 4) is 0 Å².